The number of benzene rings is 4. The lowest BCUT2D eigenvalue weighted by Gasteiger charge is -2.37. The molecule has 3 atom stereocenters. The molecule has 1 unspecified atom stereocenters. The Morgan fingerprint density at radius 1 is 0.814 bits per heavy atom. The van der Waals surface area contributed by atoms with E-state index >= 15 is 0 Å². The van der Waals surface area contributed by atoms with Crippen LogP contribution in [0.25, 0.3) is 0 Å². The van der Waals surface area contributed by atoms with Gasteiger partial charge in [0.1, 0.15) is 5.92 Å². The van der Waals surface area contributed by atoms with Crippen LogP contribution < -0.4 is 4.90 Å². The standard InChI is InChI=1S/C39H39NO3/c1-3-24-39(25-23-30-15-8-5-9-16-30)27-36(41)37(38(42)43-39)35(4-2)33-21-14-22-34(26-33)40(28-31-17-10-6-11-18-31)29-32-19-12-7-13-20-32/h5-22,26,35,37H,4,23,25,27-29H2,1-2H3/t35-,37?,39-/m1/s1. The van der Waals surface area contributed by atoms with Crippen LogP contribution in [0.5, 0.6) is 0 Å². The second kappa shape index (κ2) is 14.0. The third kappa shape index (κ3) is 7.43. The van der Waals surface area contributed by atoms with Gasteiger partial charge >= 0.3 is 5.97 Å². The summed E-state index contributed by atoms with van der Waals surface area (Å²) in [4.78, 5) is 29.8. The molecule has 218 valence electrons. The summed E-state index contributed by atoms with van der Waals surface area (Å²) in [5.41, 5.74) is 4.49. The van der Waals surface area contributed by atoms with Gasteiger partial charge in [-0.05, 0) is 54.2 Å². The molecule has 0 aromatic heterocycles. The van der Waals surface area contributed by atoms with E-state index in [1.165, 1.54) is 11.1 Å². The van der Waals surface area contributed by atoms with Gasteiger partial charge in [-0.1, -0.05) is 116 Å². The van der Waals surface area contributed by atoms with Crippen molar-refractivity contribution in [1.82, 2.24) is 0 Å². The van der Waals surface area contributed by atoms with Gasteiger partial charge in [0, 0.05) is 31.1 Å². The molecule has 5 rings (SSSR count). The van der Waals surface area contributed by atoms with Crippen LogP contribution in [0.15, 0.2) is 115 Å². The zero-order chi connectivity index (χ0) is 30.1. The number of ether oxygens (including phenoxy) is 1. The fourth-order valence-corrected chi connectivity index (χ4v) is 6.16. The van der Waals surface area contributed by atoms with Crippen molar-refractivity contribution in [2.24, 2.45) is 5.92 Å². The highest BCUT2D eigenvalue weighted by Gasteiger charge is 2.48. The topological polar surface area (TPSA) is 46.6 Å². The van der Waals surface area contributed by atoms with E-state index in [1.807, 2.05) is 61.5 Å². The summed E-state index contributed by atoms with van der Waals surface area (Å²) in [6.45, 7) is 5.23. The van der Waals surface area contributed by atoms with Gasteiger partial charge in [-0.2, -0.15) is 0 Å². The molecule has 0 saturated carbocycles. The number of Topliss-reactive ketones (excluding diaryl/α,β-unsaturated/α-hetero) is 1. The molecule has 0 bridgehead atoms. The van der Waals surface area contributed by atoms with E-state index in [2.05, 4.69) is 77.4 Å². The van der Waals surface area contributed by atoms with Crippen molar-refractivity contribution in [2.45, 2.75) is 64.1 Å². The number of carbonyl (C=O) groups is 2. The van der Waals surface area contributed by atoms with Gasteiger partial charge < -0.3 is 9.64 Å². The number of cyclic esters (lactones) is 1. The maximum Gasteiger partial charge on any atom is 0.318 e. The minimum atomic E-state index is -1.09. The maximum absolute atomic E-state index is 13.8. The van der Waals surface area contributed by atoms with Crippen molar-refractivity contribution >= 4 is 17.4 Å². The Hall–Kier alpha value is -4.62. The monoisotopic (exact) mass is 569 g/mol. The Bertz CT molecular complexity index is 1510. The van der Waals surface area contributed by atoms with Crippen LogP contribution in [0, 0.1) is 17.8 Å². The number of carbonyl (C=O) groups excluding carboxylic acids is 2. The molecule has 1 aliphatic rings. The lowest BCUT2D eigenvalue weighted by molar-refractivity contribution is -0.172. The zero-order valence-electron chi connectivity index (χ0n) is 25.0. The molecule has 1 aliphatic heterocycles. The normalized spacial score (nSPS) is 18.7. The summed E-state index contributed by atoms with van der Waals surface area (Å²) in [6.07, 6.45) is 1.92. The molecule has 0 radical (unpaired) electrons. The molecule has 0 amide bonds. The number of ketones is 1. The number of anilines is 1. The second-order valence-electron chi connectivity index (χ2n) is 11.3. The van der Waals surface area contributed by atoms with Crippen molar-refractivity contribution in [1.29, 1.82) is 0 Å². The van der Waals surface area contributed by atoms with Gasteiger partial charge in [0.25, 0.3) is 0 Å². The van der Waals surface area contributed by atoms with Crippen molar-refractivity contribution in [3.63, 3.8) is 0 Å². The van der Waals surface area contributed by atoms with Crippen molar-refractivity contribution in [2.75, 3.05) is 4.90 Å². The zero-order valence-corrected chi connectivity index (χ0v) is 25.0. The fraction of sp³-hybridized carbons (Fsp3) is 0.282. The predicted octanol–water partition coefficient (Wildman–Crippen LogP) is 7.91. The number of rotatable bonds is 11. The molecule has 0 aliphatic carbocycles. The van der Waals surface area contributed by atoms with E-state index in [4.69, 9.17) is 4.74 Å². The van der Waals surface area contributed by atoms with Crippen LogP contribution in [-0.4, -0.2) is 17.4 Å². The smallest absolute Gasteiger partial charge is 0.318 e. The number of hydrogen-bond acceptors (Lipinski definition) is 4. The van der Waals surface area contributed by atoms with Crippen LogP contribution in [0.2, 0.25) is 0 Å². The molecule has 43 heavy (non-hydrogen) atoms. The molecule has 1 heterocycles. The highest BCUT2D eigenvalue weighted by atomic mass is 16.6. The number of aryl methyl sites for hydroxylation is 1. The number of esters is 1. The molecule has 4 heteroatoms. The lowest BCUT2D eigenvalue weighted by atomic mass is 9.75. The fourth-order valence-electron chi connectivity index (χ4n) is 6.16. The summed E-state index contributed by atoms with van der Waals surface area (Å²) in [5, 5.41) is 0. The average Bonchev–Trinajstić information content (AvgIpc) is 3.03. The Labute approximate surface area is 255 Å². The summed E-state index contributed by atoms with van der Waals surface area (Å²) in [7, 11) is 0. The average molecular weight is 570 g/mol. The van der Waals surface area contributed by atoms with Crippen LogP contribution in [0.4, 0.5) is 5.69 Å². The molecule has 0 spiro atoms. The van der Waals surface area contributed by atoms with E-state index in [0.717, 1.165) is 29.9 Å². The predicted molar refractivity (Wildman–Crippen MR) is 172 cm³/mol. The largest absolute Gasteiger partial charge is 0.445 e. The van der Waals surface area contributed by atoms with E-state index in [0.29, 0.717) is 19.3 Å². The highest BCUT2D eigenvalue weighted by Crippen LogP contribution is 2.39. The summed E-state index contributed by atoms with van der Waals surface area (Å²) in [5.74, 6) is 4.34. The maximum atomic E-state index is 13.8. The molecule has 4 aromatic carbocycles. The van der Waals surface area contributed by atoms with E-state index in [-0.39, 0.29) is 18.1 Å². The Kier molecular flexibility index (Phi) is 9.74. The van der Waals surface area contributed by atoms with E-state index in [1.54, 1.807) is 6.92 Å². The molecule has 1 fully saturated rings. The Balaban J connectivity index is 1.39. The van der Waals surface area contributed by atoms with Crippen molar-refractivity contribution in [3.8, 4) is 11.8 Å². The first-order valence-corrected chi connectivity index (χ1v) is 15.2. The third-order valence-corrected chi connectivity index (χ3v) is 8.31. The first-order chi connectivity index (χ1) is 21.0. The molecular formula is C39H39NO3. The van der Waals surface area contributed by atoms with Crippen LogP contribution in [0.3, 0.4) is 0 Å². The highest BCUT2D eigenvalue weighted by molar-refractivity contribution is 6.03. The van der Waals surface area contributed by atoms with E-state index < -0.39 is 17.5 Å². The van der Waals surface area contributed by atoms with Gasteiger partial charge in [-0.15, -0.1) is 5.92 Å². The minimum absolute atomic E-state index is 0.0882. The molecule has 4 nitrogen and oxygen atoms in total. The van der Waals surface area contributed by atoms with Crippen LogP contribution in [-0.2, 0) is 33.8 Å². The Morgan fingerprint density at radius 3 is 1.93 bits per heavy atom. The van der Waals surface area contributed by atoms with Crippen LogP contribution in [0.1, 0.15) is 61.3 Å². The molecule has 1 saturated heterocycles. The summed E-state index contributed by atoms with van der Waals surface area (Å²) < 4.78 is 6.12. The first kappa shape index (κ1) is 29.9. The van der Waals surface area contributed by atoms with Crippen molar-refractivity contribution < 1.29 is 14.3 Å². The van der Waals surface area contributed by atoms with Gasteiger partial charge in [-0.3, -0.25) is 9.59 Å². The molecular weight excluding hydrogens is 530 g/mol. The lowest BCUT2D eigenvalue weighted by Crippen LogP contribution is -2.49. The van der Waals surface area contributed by atoms with Crippen LogP contribution >= 0.6 is 0 Å². The number of nitrogens with zero attached hydrogens (tertiary/aromatic N) is 1. The van der Waals surface area contributed by atoms with Gasteiger partial charge in [0.2, 0.25) is 0 Å². The SMILES string of the molecule is CC#C[C@@]1(CCc2ccccc2)CC(=O)C([C@H](CC)c2cccc(N(Cc3ccccc3)Cc3ccccc3)c2)C(=O)O1. The minimum Gasteiger partial charge on any atom is -0.445 e. The molecule has 0 N–H and O–H groups in total. The quantitative estimate of drug-likeness (QED) is 0.105. The first-order valence-electron chi connectivity index (χ1n) is 15.2. The molecule has 4 aromatic rings. The second-order valence-corrected chi connectivity index (χ2v) is 11.3. The van der Waals surface area contributed by atoms with Crippen molar-refractivity contribution in [3.05, 3.63) is 138 Å². The summed E-state index contributed by atoms with van der Waals surface area (Å²) in [6, 6.07) is 39.2. The third-order valence-electron chi connectivity index (χ3n) is 8.31. The number of hydrogen-bond donors (Lipinski definition) is 0. The van der Waals surface area contributed by atoms with E-state index in [9.17, 15) is 9.59 Å². The van der Waals surface area contributed by atoms with Gasteiger partial charge in [-0.25, -0.2) is 0 Å². The van der Waals surface area contributed by atoms with Gasteiger partial charge in [0.15, 0.2) is 11.4 Å². The summed E-state index contributed by atoms with van der Waals surface area (Å²) >= 11 is 0. The Morgan fingerprint density at radius 2 is 1.40 bits per heavy atom. The van der Waals surface area contributed by atoms with Gasteiger partial charge in [0.05, 0.1) is 6.42 Å².